The van der Waals surface area contributed by atoms with Crippen molar-refractivity contribution in [2.45, 2.75) is 26.7 Å². The van der Waals surface area contributed by atoms with Crippen LogP contribution >= 0.6 is 0 Å². The summed E-state index contributed by atoms with van der Waals surface area (Å²) in [5, 5.41) is 0.626. The molecule has 1 aliphatic rings. The van der Waals surface area contributed by atoms with Crippen LogP contribution in [0.3, 0.4) is 0 Å². The number of allylic oxidation sites excluding steroid dienone is 1. The summed E-state index contributed by atoms with van der Waals surface area (Å²) < 4.78 is 12.1. The number of hydrogen-bond acceptors (Lipinski definition) is 4. The van der Waals surface area contributed by atoms with Gasteiger partial charge in [0.1, 0.15) is 23.7 Å². The average Bonchev–Trinajstić information content (AvgIpc) is 3.15. The van der Waals surface area contributed by atoms with Gasteiger partial charge in [-0.2, -0.15) is 0 Å². The smallest absolute Gasteiger partial charge is 0.196 e. The van der Waals surface area contributed by atoms with Crippen molar-refractivity contribution in [2.24, 2.45) is 0 Å². The Labute approximate surface area is 171 Å². The summed E-state index contributed by atoms with van der Waals surface area (Å²) in [7, 11) is 0. The van der Waals surface area contributed by atoms with Crippen LogP contribution in [0.25, 0.3) is 22.6 Å². The van der Waals surface area contributed by atoms with Crippen molar-refractivity contribution in [3.63, 3.8) is 0 Å². The predicted molar refractivity (Wildman–Crippen MR) is 118 cm³/mol. The van der Waals surface area contributed by atoms with Crippen LogP contribution in [-0.2, 0) is 6.42 Å². The predicted octanol–water partition coefficient (Wildman–Crippen LogP) is 5.00. The Morgan fingerprint density at radius 3 is 2.62 bits per heavy atom. The van der Waals surface area contributed by atoms with Gasteiger partial charge in [-0.1, -0.05) is 44.2 Å². The molecule has 1 aliphatic carbocycles. The summed E-state index contributed by atoms with van der Waals surface area (Å²) in [6.07, 6.45) is 3.67. The van der Waals surface area contributed by atoms with Gasteiger partial charge in [0.25, 0.3) is 0 Å². The fraction of sp³-hybridized carbons (Fsp3) is 0.320. The summed E-state index contributed by atoms with van der Waals surface area (Å²) >= 11 is 0. The lowest BCUT2D eigenvalue weighted by Gasteiger charge is -2.18. The van der Waals surface area contributed by atoms with Gasteiger partial charge in [-0.15, -0.1) is 0 Å². The zero-order chi connectivity index (χ0) is 20.2. The highest BCUT2D eigenvalue weighted by molar-refractivity contribution is 5.87. The third kappa shape index (κ3) is 4.13. The monoisotopic (exact) mass is 389 g/mol. The van der Waals surface area contributed by atoms with Crippen molar-refractivity contribution in [2.75, 3.05) is 26.2 Å². The van der Waals surface area contributed by atoms with Crippen molar-refractivity contribution < 1.29 is 9.15 Å². The minimum atomic E-state index is 0.0763. The van der Waals surface area contributed by atoms with Crippen molar-refractivity contribution in [3.05, 3.63) is 75.6 Å². The van der Waals surface area contributed by atoms with E-state index >= 15 is 0 Å². The first-order valence-electron chi connectivity index (χ1n) is 10.4. The minimum absolute atomic E-state index is 0.0763. The molecular formula is C25H27NO3. The number of rotatable bonds is 7. The van der Waals surface area contributed by atoms with E-state index in [1.165, 1.54) is 0 Å². The molecule has 0 spiro atoms. The summed E-state index contributed by atoms with van der Waals surface area (Å²) in [5.74, 6) is 1.46. The second-order valence-electron chi connectivity index (χ2n) is 7.35. The van der Waals surface area contributed by atoms with Crippen LogP contribution in [0, 0.1) is 0 Å². The first-order chi connectivity index (χ1) is 14.2. The first-order valence-corrected chi connectivity index (χ1v) is 10.4. The third-order valence-corrected chi connectivity index (χ3v) is 5.61. The average molecular weight is 389 g/mol. The summed E-state index contributed by atoms with van der Waals surface area (Å²) in [4.78, 5) is 15.3. The number of benzene rings is 2. The van der Waals surface area contributed by atoms with Gasteiger partial charge in [0, 0.05) is 18.2 Å². The summed E-state index contributed by atoms with van der Waals surface area (Å²) in [5.41, 5.74) is 3.65. The minimum Gasteiger partial charge on any atom is -0.492 e. The zero-order valence-corrected chi connectivity index (χ0v) is 17.1. The second kappa shape index (κ2) is 8.66. The molecule has 2 aromatic carbocycles. The lowest BCUT2D eigenvalue weighted by molar-refractivity contribution is 0.223. The van der Waals surface area contributed by atoms with E-state index in [4.69, 9.17) is 9.15 Å². The van der Waals surface area contributed by atoms with Crippen molar-refractivity contribution in [1.82, 2.24) is 4.90 Å². The molecule has 1 aromatic heterocycles. The highest BCUT2D eigenvalue weighted by Crippen LogP contribution is 2.34. The number of ether oxygens (including phenoxy) is 1. The van der Waals surface area contributed by atoms with E-state index in [-0.39, 0.29) is 5.43 Å². The maximum absolute atomic E-state index is 13.0. The Morgan fingerprint density at radius 1 is 1.07 bits per heavy atom. The fourth-order valence-corrected chi connectivity index (χ4v) is 3.88. The van der Waals surface area contributed by atoms with Crippen LogP contribution < -0.4 is 10.2 Å². The molecule has 0 saturated carbocycles. The fourth-order valence-electron chi connectivity index (χ4n) is 3.88. The Balaban J connectivity index is 1.63. The van der Waals surface area contributed by atoms with Crippen LogP contribution in [0.5, 0.6) is 5.75 Å². The van der Waals surface area contributed by atoms with Crippen molar-refractivity contribution in [3.8, 4) is 5.75 Å². The standard InChI is InChI=1S/C25H27NO3/c1-3-26(4-2)14-15-28-20-11-13-21-23(17-20)29-25-19(10-12-22(25)24(21)27)16-18-8-6-5-7-9-18/h5-9,11,13,16-17H,3-4,10,12,14-15H2,1-2H3. The third-order valence-electron chi connectivity index (χ3n) is 5.61. The topological polar surface area (TPSA) is 42.7 Å². The van der Waals surface area contributed by atoms with Gasteiger partial charge in [0.15, 0.2) is 5.43 Å². The number of nitrogens with zero attached hydrogens (tertiary/aromatic N) is 1. The van der Waals surface area contributed by atoms with Crippen LogP contribution in [0.4, 0.5) is 0 Å². The van der Waals surface area contributed by atoms with Crippen LogP contribution in [0.2, 0.25) is 0 Å². The van der Waals surface area contributed by atoms with Crippen LogP contribution in [0.15, 0.2) is 57.7 Å². The van der Waals surface area contributed by atoms with E-state index in [1.54, 1.807) is 0 Å². The Kier molecular flexibility index (Phi) is 5.81. The van der Waals surface area contributed by atoms with E-state index in [0.29, 0.717) is 17.6 Å². The lowest BCUT2D eigenvalue weighted by Crippen LogP contribution is -2.27. The summed E-state index contributed by atoms with van der Waals surface area (Å²) in [6.45, 7) is 7.81. The van der Waals surface area contributed by atoms with Gasteiger partial charge < -0.3 is 14.1 Å². The molecule has 0 N–H and O–H groups in total. The zero-order valence-electron chi connectivity index (χ0n) is 17.1. The van der Waals surface area contributed by atoms with E-state index in [9.17, 15) is 4.79 Å². The molecule has 0 saturated heterocycles. The van der Waals surface area contributed by atoms with Gasteiger partial charge in [-0.05, 0) is 55.3 Å². The molecule has 0 aliphatic heterocycles. The molecular weight excluding hydrogens is 362 g/mol. The van der Waals surface area contributed by atoms with Crippen molar-refractivity contribution in [1.29, 1.82) is 0 Å². The highest BCUT2D eigenvalue weighted by atomic mass is 16.5. The maximum atomic E-state index is 13.0. The molecule has 4 rings (SSSR count). The number of fused-ring (bicyclic) bond motifs is 2. The number of hydrogen-bond donors (Lipinski definition) is 0. The Hall–Kier alpha value is -2.85. The molecule has 4 nitrogen and oxygen atoms in total. The highest BCUT2D eigenvalue weighted by Gasteiger charge is 2.24. The van der Waals surface area contributed by atoms with E-state index < -0.39 is 0 Å². The molecule has 29 heavy (non-hydrogen) atoms. The molecule has 4 heteroatoms. The molecule has 3 aromatic rings. The summed E-state index contributed by atoms with van der Waals surface area (Å²) in [6, 6.07) is 15.7. The van der Waals surface area contributed by atoms with Gasteiger partial charge in [-0.3, -0.25) is 4.79 Å². The van der Waals surface area contributed by atoms with Crippen LogP contribution in [0.1, 0.15) is 37.2 Å². The number of likely N-dealkylation sites (N-methyl/N-ethyl adjacent to an activating group) is 1. The molecule has 0 radical (unpaired) electrons. The molecule has 0 unspecified atom stereocenters. The normalized spacial score (nSPS) is 14.7. The van der Waals surface area contributed by atoms with Crippen molar-refractivity contribution >= 4 is 22.6 Å². The molecule has 0 amide bonds. The molecule has 1 heterocycles. The van der Waals surface area contributed by atoms with Gasteiger partial charge in [0.2, 0.25) is 0 Å². The Bertz CT molecular complexity index is 1080. The quantitative estimate of drug-likeness (QED) is 0.570. The van der Waals surface area contributed by atoms with E-state index in [1.807, 2.05) is 36.4 Å². The lowest BCUT2D eigenvalue weighted by atomic mass is 10.1. The van der Waals surface area contributed by atoms with Gasteiger partial charge >= 0.3 is 0 Å². The molecule has 0 fully saturated rings. The van der Waals surface area contributed by atoms with E-state index in [0.717, 1.165) is 60.7 Å². The van der Waals surface area contributed by atoms with Gasteiger partial charge in [-0.25, -0.2) is 0 Å². The largest absolute Gasteiger partial charge is 0.492 e. The van der Waals surface area contributed by atoms with E-state index in [2.05, 4.69) is 37.0 Å². The SMILES string of the molecule is CCN(CC)CCOc1ccc2c(=O)c3c(oc2c1)C(=Cc1ccccc1)CC3. The maximum Gasteiger partial charge on any atom is 0.196 e. The molecule has 150 valence electrons. The molecule has 0 bridgehead atoms. The van der Waals surface area contributed by atoms with Crippen LogP contribution in [-0.4, -0.2) is 31.1 Å². The van der Waals surface area contributed by atoms with Gasteiger partial charge in [0.05, 0.1) is 5.39 Å². The first kappa shape index (κ1) is 19.5. The second-order valence-corrected chi connectivity index (χ2v) is 7.35. The molecule has 0 atom stereocenters. The Morgan fingerprint density at radius 2 is 1.86 bits per heavy atom.